The van der Waals surface area contributed by atoms with Gasteiger partial charge in [-0.15, -0.1) is 0 Å². The maximum Gasteiger partial charge on any atom is 0.416 e. The van der Waals surface area contributed by atoms with E-state index in [2.05, 4.69) is 10.0 Å². The average molecular weight is 515 g/mol. The van der Waals surface area contributed by atoms with Gasteiger partial charge in [0.15, 0.2) is 11.6 Å². The number of rotatable bonds is 10. The molecule has 0 saturated heterocycles. The highest BCUT2D eigenvalue weighted by Crippen LogP contribution is 2.43. The third-order valence-electron chi connectivity index (χ3n) is 6.97. The molecule has 0 heterocycles. The van der Waals surface area contributed by atoms with E-state index in [4.69, 9.17) is 4.74 Å². The Morgan fingerprint density at radius 1 is 1.14 bits per heavy atom. The fourth-order valence-corrected chi connectivity index (χ4v) is 6.50. The number of sulfonamides is 1. The van der Waals surface area contributed by atoms with Gasteiger partial charge in [0, 0.05) is 6.54 Å². The largest absolute Gasteiger partial charge is 0.489 e. The highest BCUT2D eigenvalue weighted by Gasteiger charge is 2.35. The van der Waals surface area contributed by atoms with Crippen molar-refractivity contribution in [3.63, 3.8) is 0 Å². The minimum atomic E-state index is -4.42. The second kappa shape index (κ2) is 10.4. The van der Waals surface area contributed by atoms with Crippen molar-refractivity contribution in [2.75, 3.05) is 26.7 Å². The van der Waals surface area contributed by atoms with Crippen LogP contribution in [0, 0.1) is 11.7 Å². The standard InChI is InChI=1S/C25H30F4N2O3S/c1-30-15-18-12-17-13-23(26)24(34-9-8-31-35(32,33)20-6-3-7-20)14-22(17)21(18)11-16-4-2-5-19(10-16)25(27,28)29/h2,4-5,10,13-14,18,20-21,30-31H,3,6-9,11-12,15H2,1H3. The average Bonchev–Trinajstić information content (AvgIpc) is 3.05. The molecule has 0 radical (unpaired) electrons. The summed E-state index contributed by atoms with van der Waals surface area (Å²) < 4.78 is 86.7. The van der Waals surface area contributed by atoms with Crippen LogP contribution in [0.25, 0.3) is 0 Å². The van der Waals surface area contributed by atoms with E-state index in [-0.39, 0.29) is 36.0 Å². The Bertz CT molecular complexity index is 1150. The summed E-state index contributed by atoms with van der Waals surface area (Å²) in [5.74, 6) is -0.534. The lowest BCUT2D eigenvalue weighted by molar-refractivity contribution is -0.137. The van der Waals surface area contributed by atoms with Gasteiger partial charge in [0.25, 0.3) is 0 Å². The predicted octanol–water partition coefficient (Wildman–Crippen LogP) is 4.41. The summed E-state index contributed by atoms with van der Waals surface area (Å²) in [5, 5.41) is 2.77. The van der Waals surface area contributed by atoms with Crippen LogP contribution in [0.15, 0.2) is 36.4 Å². The van der Waals surface area contributed by atoms with Gasteiger partial charge in [-0.1, -0.05) is 24.6 Å². The Kier molecular flexibility index (Phi) is 7.73. The van der Waals surface area contributed by atoms with Crippen molar-refractivity contribution >= 4 is 10.0 Å². The molecule has 5 nitrogen and oxygen atoms in total. The quantitative estimate of drug-likeness (QED) is 0.364. The molecule has 0 aromatic heterocycles. The van der Waals surface area contributed by atoms with E-state index in [1.54, 1.807) is 12.1 Å². The summed E-state index contributed by atoms with van der Waals surface area (Å²) in [6.07, 6.45) is -1.22. The molecule has 2 aliphatic rings. The van der Waals surface area contributed by atoms with Gasteiger partial charge in [-0.25, -0.2) is 17.5 Å². The first-order valence-electron chi connectivity index (χ1n) is 11.8. The molecule has 2 atom stereocenters. The van der Waals surface area contributed by atoms with Crippen LogP contribution in [0.1, 0.15) is 47.4 Å². The minimum Gasteiger partial charge on any atom is -0.489 e. The number of ether oxygens (including phenoxy) is 1. The number of nitrogens with one attached hydrogen (secondary N) is 2. The van der Waals surface area contributed by atoms with Crippen LogP contribution >= 0.6 is 0 Å². The van der Waals surface area contributed by atoms with Crippen LogP contribution in [0.5, 0.6) is 5.75 Å². The predicted molar refractivity (Wildman–Crippen MR) is 125 cm³/mol. The van der Waals surface area contributed by atoms with Crippen molar-refractivity contribution in [2.45, 2.75) is 49.4 Å². The Balaban J connectivity index is 1.49. The van der Waals surface area contributed by atoms with Crippen molar-refractivity contribution in [1.82, 2.24) is 10.0 Å². The number of alkyl halides is 3. The van der Waals surface area contributed by atoms with Gasteiger partial charge in [0.2, 0.25) is 10.0 Å². The lowest BCUT2D eigenvalue weighted by Gasteiger charge is -2.25. The van der Waals surface area contributed by atoms with Gasteiger partial charge in [-0.05, 0) is 86.0 Å². The Labute approximate surface area is 203 Å². The number of halogens is 4. The summed E-state index contributed by atoms with van der Waals surface area (Å²) in [4.78, 5) is 0. The van der Waals surface area contributed by atoms with Gasteiger partial charge in [-0.2, -0.15) is 13.2 Å². The maximum absolute atomic E-state index is 14.7. The smallest absolute Gasteiger partial charge is 0.416 e. The van der Waals surface area contributed by atoms with Crippen LogP contribution in [0.2, 0.25) is 0 Å². The molecule has 0 aliphatic heterocycles. The second-order valence-electron chi connectivity index (χ2n) is 9.35. The van der Waals surface area contributed by atoms with Crippen molar-refractivity contribution in [1.29, 1.82) is 0 Å². The summed E-state index contributed by atoms with van der Waals surface area (Å²) in [5.41, 5.74) is 1.55. The van der Waals surface area contributed by atoms with E-state index in [1.807, 2.05) is 7.05 Å². The third kappa shape index (κ3) is 5.98. The molecular weight excluding hydrogens is 484 g/mol. The highest BCUT2D eigenvalue weighted by atomic mass is 32.2. The topological polar surface area (TPSA) is 67.4 Å². The zero-order valence-corrected chi connectivity index (χ0v) is 20.3. The molecule has 2 N–H and O–H groups in total. The van der Waals surface area contributed by atoms with Gasteiger partial charge in [0.1, 0.15) is 6.61 Å². The molecule has 2 aliphatic carbocycles. The van der Waals surface area contributed by atoms with Crippen molar-refractivity contribution in [2.24, 2.45) is 5.92 Å². The van der Waals surface area contributed by atoms with E-state index >= 15 is 0 Å². The maximum atomic E-state index is 14.7. The molecule has 1 saturated carbocycles. The van der Waals surface area contributed by atoms with E-state index in [1.165, 1.54) is 18.2 Å². The monoisotopic (exact) mass is 514 g/mol. The van der Waals surface area contributed by atoms with Gasteiger partial charge < -0.3 is 10.1 Å². The highest BCUT2D eigenvalue weighted by molar-refractivity contribution is 7.90. The molecule has 1 fully saturated rings. The second-order valence-corrected chi connectivity index (χ2v) is 11.4. The summed E-state index contributed by atoms with van der Waals surface area (Å²) in [6, 6.07) is 8.36. The molecule has 2 unspecified atom stereocenters. The Hall–Kier alpha value is -2.17. The number of fused-ring (bicyclic) bond motifs is 1. The Morgan fingerprint density at radius 3 is 2.57 bits per heavy atom. The summed E-state index contributed by atoms with van der Waals surface area (Å²) in [7, 11) is -1.57. The third-order valence-corrected chi connectivity index (χ3v) is 8.93. The lowest BCUT2D eigenvalue weighted by atomic mass is 9.86. The van der Waals surface area contributed by atoms with Crippen LogP contribution in [-0.2, 0) is 29.0 Å². The van der Waals surface area contributed by atoms with Gasteiger partial charge in [0.05, 0.1) is 10.8 Å². The molecule has 0 bridgehead atoms. The molecule has 35 heavy (non-hydrogen) atoms. The van der Waals surface area contributed by atoms with Crippen LogP contribution in [-0.4, -0.2) is 40.4 Å². The van der Waals surface area contributed by atoms with Crippen LogP contribution in [0.4, 0.5) is 17.6 Å². The number of hydrogen-bond acceptors (Lipinski definition) is 4. The first kappa shape index (κ1) is 25.9. The molecule has 2 aromatic carbocycles. The molecule has 0 spiro atoms. The fraction of sp³-hybridized carbons (Fsp3) is 0.520. The van der Waals surface area contributed by atoms with Crippen LogP contribution in [0.3, 0.4) is 0 Å². The molecule has 192 valence electrons. The van der Waals surface area contributed by atoms with Gasteiger partial charge in [-0.3, -0.25) is 0 Å². The normalized spacial score (nSPS) is 20.5. The molecule has 0 amide bonds. The molecular formula is C25H30F4N2O3S. The summed E-state index contributed by atoms with van der Waals surface area (Å²) in [6.45, 7) is 0.643. The zero-order valence-electron chi connectivity index (χ0n) is 19.5. The first-order chi connectivity index (χ1) is 16.6. The lowest BCUT2D eigenvalue weighted by Crippen LogP contribution is -2.40. The Morgan fingerprint density at radius 2 is 1.91 bits per heavy atom. The van der Waals surface area contributed by atoms with Gasteiger partial charge >= 0.3 is 6.18 Å². The first-order valence-corrected chi connectivity index (χ1v) is 13.4. The molecule has 4 rings (SSSR count). The van der Waals surface area contributed by atoms with Crippen molar-refractivity contribution < 1.29 is 30.7 Å². The number of hydrogen-bond donors (Lipinski definition) is 2. The van der Waals surface area contributed by atoms with Crippen LogP contribution < -0.4 is 14.8 Å². The van der Waals surface area contributed by atoms with E-state index < -0.39 is 27.6 Å². The van der Waals surface area contributed by atoms with Crippen molar-refractivity contribution in [3.8, 4) is 5.75 Å². The number of benzene rings is 2. The van der Waals surface area contributed by atoms with E-state index in [0.717, 1.165) is 23.6 Å². The van der Waals surface area contributed by atoms with E-state index in [9.17, 15) is 26.0 Å². The van der Waals surface area contributed by atoms with Crippen molar-refractivity contribution in [3.05, 3.63) is 64.5 Å². The molecule has 2 aromatic rings. The summed E-state index contributed by atoms with van der Waals surface area (Å²) >= 11 is 0. The fourth-order valence-electron chi connectivity index (χ4n) is 4.95. The van der Waals surface area contributed by atoms with E-state index in [0.29, 0.717) is 37.8 Å². The molecule has 10 heteroatoms. The SMILES string of the molecule is CNCC1Cc2cc(F)c(OCCNS(=O)(=O)C3CCC3)cc2C1Cc1cccc(C(F)(F)F)c1. The minimum absolute atomic E-state index is 0.0192. The zero-order chi connectivity index (χ0) is 25.2.